The van der Waals surface area contributed by atoms with Gasteiger partial charge in [-0.15, -0.1) is 0 Å². The van der Waals surface area contributed by atoms with Crippen LogP contribution >= 0.6 is 0 Å². The van der Waals surface area contributed by atoms with Crippen LogP contribution in [0.3, 0.4) is 0 Å². The number of carbonyl (C=O) groups excluding carboxylic acids is 3. The van der Waals surface area contributed by atoms with E-state index in [1.165, 1.54) is 13.0 Å². The second-order valence-corrected chi connectivity index (χ2v) is 6.89. The minimum absolute atomic E-state index is 0.0341. The predicted molar refractivity (Wildman–Crippen MR) is 108 cm³/mol. The molecule has 0 saturated heterocycles. The Kier molecular flexibility index (Phi) is 8.33. The molecule has 0 saturated carbocycles. The molecular formula is C22H26FN3O3. The number of hydrogen-bond donors (Lipinski definition) is 3. The molecule has 2 aromatic rings. The predicted octanol–water partition coefficient (Wildman–Crippen LogP) is 1.87. The molecule has 6 nitrogen and oxygen atoms in total. The quantitative estimate of drug-likeness (QED) is 0.568. The number of nitrogens with one attached hydrogen (secondary N) is 2. The maximum absolute atomic E-state index is 14.0. The average molecular weight is 399 g/mol. The third-order valence-electron chi connectivity index (χ3n) is 4.54. The molecule has 2 atom stereocenters. The Morgan fingerprint density at radius 2 is 1.62 bits per heavy atom. The Morgan fingerprint density at radius 1 is 0.966 bits per heavy atom. The monoisotopic (exact) mass is 399 g/mol. The van der Waals surface area contributed by atoms with Crippen LogP contribution in [0.2, 0.25) is 0 Å². The zero-order valence-corrected chi connectivity index (χ0v) is 16.4. The Balaban J connectivity index is 2.00. The van der Waals surface area contributed by atoms with Gasteiger partial charge >= 0.3 is 0 Å². The number of rotatable bonds is 10. The number of primary amides is 1. The number of halogens is 1. The SMILES string of the molecule is CC(=O)N[C@H](Cc1ccccc1F)C(=O)N[C@@H](CCCc1ccccc1)C(N)=O. The minimum atomic E-state index is -1.01. The normalized spacial score (nSPS) is 12.6. The highest BCUT2D eigenvalue weighted by molar-refractivity contribution is 5.91. The van der Waals surface area contributed by atoms with Crippen molar-refractivity contribution >= 4 is 17.7 Å². The lowest BCUT2D eigenvalue weighted by atomic mass is 10.0. The number of amides is 3. The number of aryl methyl sites for hydroxylation is 1. The zero-order valence-electron chi connectivity index (χ0n) is 16.4. The molecule has 4 N–H and O–H groups in total. The van der Waals surface area contributed by atoms with Gasteiger partial charge in [0.05, 0.1) is 0 Å². The molecule has 0 unspecified atom stereocenters. The summed E-state index contributed by atoms with van der Waals surface area (Å²) in [4.78, 5) is 36.0. The first-order chi connectivity index (χ1) is 13.9. The van der Waals surface area contributed by atoms with E-state index >= 15 is 0 Å². The Hall–Kier alpha value is -3.22. The Labute approximate surface area is 169 Å². The topological polar surface area (TPSA) is 101 Å². The van der Waals surface area contributed by atoms with Gasteiger partial charge in [0.15, 0.2) is 0 Å². The summed E-state index contributed by atoms with van der Waals surface area (Å²) in [5.74, 6) is -2.13. The number of hydrogen-bond acceptors (Lipinski definition) is 3. The van der Waals surface area contributed by atoms with Gasteiger partial charge in [0.25, 0.3) is 0 Å². The van der Waals surface area contributed by atoms with E-state index in [2.05, 4.69) is 10.6 Å². The standard InChI is InChI=1S/C22H26FN3O3/c1-15(27)25-20(14-17-11-5-6-12-18(17)23)22(29)26-19(21(24)28)13-7-10-16-8-3-2-4-9-16/h2-6,8-9,11-12,19-20H,7,10,13-14H2,1H3,(H2,24,28)(H,25,27)(H,26,29)/t19-,20+/m0/s1. The van der Waals surface area contributed by atoms with E-state index < -0.39 is 35.6 Å². The molecule has 0 aromatic heterocycles. The summed E-state index contributed by atoms with van der Waals surface area (Å²) in [5.41, 5.74) is 6.86. The van der Waals surface area contributed by atoms with Crippen LogP contribution in [0.15, 0.2) is 54.6 Å². The van der Waals surface area contributed by atoms with Gasteiger partial charge in [0.1, 0.15) is 17.9 Å². The molecule has 0 heterocycles. The molecule has 0 aliphatic rings. The third-order valence-corrected chi connectivity index (χ3v) is 4.54. The Morgan fingerprint density at radius 3 is 2.24 bits per heavy atom. The van der Waals surface area contributed by atoms with Gasteiger partial charge in [-0.05, 0) is 36.5 Å². The van der Waals surface area contributed by atoms with Crippen LogP contribution in [0.4, 0.5) is 4.39 Å². The molecule has 0 aliphatic heterocycles. The number of carbonyl (C=O) groups is 3. The molecular weight excluding hydrogens is 373 g/mol. The molecule has 0 radical (unpaired) electrons. The lowest BCUT2D eigenvalue weighted by molar-refractivity contribution is -0.130. The second kappa shape index (κ2) is 10.9. The lowest BCUT2D eigenvalue weighted by Gasteiger charge is -2.22. The summed E-state index contributed by atoms with van der Waals surface area (Å²) in [6, 6.07) is 13.9. The highest BCUT2D eigenvalue weighted by Gasteiger charge is 2.25. The highest BCUT2D eigenvalue weighted by Crippen LogP contribution is 2.11. The van der Waals surface area contributed by atoms with E-state index in [0.29, 0.717) is 18.4 Å². The molecule has 0 spiro atoms. The van der Waals surface area contributed by atoms with E-state index in [9.17, 15) is 18.8 Å². The summed E-state index contributed by atoms with van der Waals surface area (Å²) >= 11 is 0. The van der Waals surface area contributed by atoms with Crippen molar-refractivity contribution in [3.05, 3.63) is 71.5 Å². The lowest BCUT2D eigenvalue weighted by Crippen LogP contribution is -2.53. The second-order valence-electron chi connectivity index (χ2n) is 6.89. The van der Waals surface area contributed by atoms with Gasteiger partial charge in [-0.2, -0.15) is 0 Å². The van der Waals surface area contributed by atoms with Crippen LogP contribution in [0.5, 0.6) is 0 Å². The fourth-order valence-electron chi connectivity index (χ4n) is 3.05. The maximum Gasteiger partial charge on any atom is 0.243 e. The summed E-state index contributed by atoms with van der Waals surface area (Å²) in [7, 11) is 0. The van der Waals surface area contributed by atoms with Crippen LogP contribution in [0.1, 0.15) is 30.9 Å². The average Bonchev–Trinajstić information content (AvgIpc) is 2.68. The molecule has 0 fully saturated rings. The van der Waals surface area contributed by atoms with Crippen LogP contribution in [0.25, 0.3) is 0 Å². The van der Waals surface area contributed by atoms with E-state index in [1.807, 2.05) is 30.3 Å². The zero-order chi connectivity index (χ0) is 21.2. The first-order valence-electron chi connectivity index (χ1n) is 9.51. The third kappa shape index (κ3) is 7.37. The van der Waals surface area contributed by atoms with Gasteiger partial charge in [-0.1, -0.05) is 48.5 Å². The molecule has 2 aromatic carbocycles. The van der Waals surface area contributed by atoms with Crippen LogP contribution in [-0.2, 0) is 27.2 Å². The van der Waals surface area contributed by atoms with Gasteiger partial charge in [0, 0.05) is 13.3 Å². The van der Waals surface area contributed by atoms with E-state index in [-0.39, 0.29) is 6.42 Å². The first kappa shape index (κ1) is 22.1. The van der Waals surface area contributed by atoms with Gasteiger partial charge in [-0.25, -0.2) is 4.39 Å². The van der Waals surface area contributed by atoms with Crippen molar-refractivity contribution < 1.29 is 18.8 Å². The molecule has 29 heavy (non-hydrogen) atoms. The largest absolute Gasteiger partial charge is 0.368 e. The van der Waals surface area contributed by atoms with Crippen LogP contribution in [0, 0.1) is 5.82 Å². The summed E-state index contributed by atoms with van der Waals surface area (Å²) < 4.78 is 14.0. The van der Waals surface area contributed by atoms with Gasteiger partial charge in [-0.3, -0.25) is 14.4 Å². The van der Waals surface area contributed by atoms with Crippen molar-refractivity contribution in [3.63, 3.8) is 0 Å². The molecule has 3 amide bonds. The Bertz CT molecular complexity index is 842. The molecule has 2 rings (SSSR count). The summed E-state index contributed by atoms with van der Waals surface area (Å²) in [6.07, 6.45) is 1.72. The molecule has 7 heteroatoms. The summed E-state index contributed by atoms with van der Waals surface area (Å²) in [6.45, 7) is 1.27. The van der Waals surface area contributed by atoms with E-state index in [4.69, 9.17) is 5.73 Å². The highest BCUT2D eigenvalue weighted by atomic mass is 19.1. The fraction of sp³-hybridized carbons (Fsp3) is 0.318. The smallest absolute Gasteiger partial charge is 0.243 e. The van der Waals surface area contributed by atoms with Crippen molar-refractivity contribution in [2.45, 2.75) is 44.7 Å². The van der Waals surface area contributed by atoms with E-state index in [1.54, 1.807) is 18.2 Å². The van der Waals surface area contributed by atoms with Crippen LogP contribution in [-0.4, -0.2) is 29.8 Å². The first-order valence-corrected chi connectivity index (χ1v) is 9.51. The van der Waals surface area contributed by atoms with E-state index in [0.717, 1.165) is 12.0 Å². The van der Waals surface area contributed by atoms with Crippen molar-refractivity contribution in [3.8, 4) is 0 Å². The van der Waals surface area contributed by atoms with Crippen molar-refractivity contribution in [2.24, 2.45) is 5.73 Å². The van der Waals surface area contributed by atoms with Gasteiger partial charge in [0.2, 0.25) is 17.7 Å². The van der Waals surface area contributed by atoms with Crippen molar-refractivity contribution in [2.75, 3.05) is 0 Å². The van der Waals surface area contributed by atoms with Crippen molar-refractivity contribution in [1.29, 1.82) is 0 Å². The minimum Gasteiger partial charge on any atom is -0.368 e. The fourth-order valence-corrected chi connectivity index (χ4v) is 3.05. The van der Waals surface area contributed by atoms with Crippen molar-refractivity contribution in [1.82, 2.24) is 10.6 Å². The summed E-state index contributed by atoms with van der Waals surface area (Å²) in [5, 5.41) is 5.11. The number of benzene rings is 2. The van der Waals surface area contributed by atoms with Gasteiger partial charge < -0.3 is 16.4 Å². The van der Waals surface area contributed by atoms with Crippen LogP contribution < -0.4 is 16.4 Å². The molecule has 0 bridgehead atoms. The molecule has 0 aliphatic carbocycles. The number of nitrogens with two attached hydrogens (primary N) is 1. The molecule has 154 valence electrons. The maximum atomic E-state index is 14.0.